The maximum Gasteiger partial charge on any atom is 0.247 e. The number of hydrogen-bond acceptors (Lipinski definition) is 8. The first-order valence-corrected chi connectivity index (χ1v) is 14.0. The van der Waals surface area contributed by atoms with Gasteiger partial charge in [0.05, 0.1) is 36.4 Å². The van der Waals surface area contributed by atoms with Crippen molar-refractivity contribution in [3.63, 3.8) is 0 Å². The van der Waals surface area contributed by atoms with E-state index in [9.17, 15) is 24.6 Å². The molecule has 10 nitrogen and oxygen atoms in total. The van der Waals surface area contributed by atoms with Gasteiger partial charge in [-0.15, -0.1) is 0 Å². The van der Waals surface area contributed by atoms with Crippen molar-refractivity contribution >= 4 is 52.3 Å². The molecule has 2 aromatic carbocycles. The molecule has 0 aliphatic heterocycles. The van der Waals surface area contributed by atoms with Crippen molar-refractivity contribution in [1.29, 1.82) is 0 Å². The second-order valence-corrected chi connectivity index (χ2v) is 10.7. The number of rotatable bonds is 13. The summed E-state index contributed by atoms with van der Waals surface area (Å²) in [5.41, 5.74) is 1.45. The number of aliphatic hydroxyl groups excluding tert-OH is 2. The Morgan fingerprint density at radius 1 is 1.23 bits per heavy atom. The number of ether oxygens (including phenoxy) is 3. The van der Waals surface area contributed by atoms with Crippen LogP contribution < -0.4 is 14.8 Å². The van der Waals surface area contributed by atoms with Crippen LogP contribution >= 0.6 is 34.2 Å². The predicted octanol–water partition coefficient (Wildman–Crippen LogP) is 2.75. The van der Waals surface area contributed by atoms with E-state index in [1.54, 1.807) is 30.3 Å². The van der Waals surface area contributed by atoms with Crippen LogP contribution in [0.2, 0.25) is 5.02 Å². The van der Waals surface area contributed by atoms with E-state index in [4.69, 9.17) is 25.8 Å². The molecule has 0 fully saturated rings. The van der Waals surface area contributed by atoms with Gasteiger partial charge in [0.1, 0.15) is 18.5 Å². The SMILES string of the molecule is COCCC(=O)N(Cc1ccc(Cl)cc1)[C@@H]1CC(C(=O)NCCO)=C[C@H](Oc2c(I)cc(C=O)cc2OC)[C@H]1O. The number of aliphatic hydroxyl groups is 2. The molecule has 0 aromatic heterocycles. The largest absolute Gasteiger partial charge is 0.493 e. The minimum atomic E-state index is -1.24. The molecule has 1 aliphatic rings. The van der Waals surface area contributed by atoms with Gasteiger partial charge < -0.3 is 34.6 Å². The highest BCUT2D eigenvalue weighted by Crippen LogP contribution is 2.37. The molecule has 3 rings (SSSR count). The minimum absolute atomic E-state index is 0.0368. The Balaban J connectivity index is 2.03. The van der Waals surface area contributed by atoms with Gasteiger partial charge >= 0.3 is 0 Å². The van der Waals surface area contributed by atoms with Crippen LogP contribution in [0.4, 0.5) is 0 Å². The summed E-state index contributed by atoms with van der Waals surface area (Å²) in [5, 5.41) is 24.0. The number of nitrogens with one attached hydrogen (secondary N) is 1. The van der Waals surface area contributed by atoms with E-state index in [1.165, 1.54) is 31.3 Å². The van der Waals surface area contributed by atoms with E-state index in [1.807, 2.05) is 22.6 Å². The standard InChI is InChI=1S/C28H32ClIN2O8/c1-38-10-7-25(35)32(15-17-3-5-20(29)6-4-17)22-13-19(28(37)31-8-9-33)14-23(26(22)36)40-27-21(30)11-18(16-34)12-24(27)39-2/h3-6,11-12,14,16,22-23,26,33,36H,7-10,13,15H2,1-2H3,(H,31,37)/t22-,23+,26+/m1/s1. The summed E-state index contributed by atoms with van der Waals surface area (Å²) >= 11 is 8.04. The van der Waals surface area contributed by atoms with Gasteiger partial charge in [-0.05, 0) is 58.5 Å². The quantitative estimate of drug-likeness (QED) is 0.217. The monoisotopic (exact) mass is 686 g/mol. The van der Waals surface area contributed by atoms with Crippen molar-refractivity contribution in [2.45, 2.75) is 37.6 Å². The van der Waals surface area contributed by atoms with Crippen LogP contribution in [0.15, 0.2) is 48.0 Å². The third-order valence-corrected chi connectivity index (χ3v) is 7.42. The van der Waals surface area contributed by atoms with Gasteiger partial charge in [-0.2, -0.15) is 0 Å². The lowest BCUT2D eigenvalue weighted by Gasteiger charge is -2.40. The normalized spacial score (nSPS) is 18.4. The number of carbonyl (C=O) groups is 3. The zero-order valence-electron chi connectivity index (χ0n) is 22.1. The lowest BCUT2D eigenvalue weighted by atomic mass is 9.87. The van der Waals surface area contributed by atoms with Crippen molar-refractivity contribution in [3.8, 4) is 11.5 Å². The molecule has 0 unspecified atom stereocenters. The van der Waals surface area contributed by atoms with Crippen LogP contribution in [-0.2, 0) is 20.9 Å². The molecule has 40 heavy (non-hydrogen) atoms. The Labute approximate surface area is 251 Å². The Kier molecular flexibility index (Phi) is 12.2. The third-order valence-electron chi connectivity index (χ3n) is 6.36. The molecule has 1 aliphatic carbocycles. The summed E-state index contributed by atoms with van der Waals surface area (Å²) in [7, 11) is 2.92. The number of aldehydes is 1. The molecular weight excluding hydrogens is 655 g/mol. The van der Waals surface area contributed by atoms with Gasteiger partial charge in [0.2, 0.25) is 11.8 Å². The molecule has 0 bridgehead atoms. The fraction of sp³-hybridized carbons (Fsp3) is 0.393. The number of carbonyl (C=O) groups excluding carboxylic acids is 3. The van der Waals surface area contributed by atoms with Crippen molar-refractivity contribution in [3.05, 3.63) is 67.8 Å². The first kappa shape index (κ1) is 31.8. The van der Waals surface area contributed by atoms with E-state index in [0.717, 1.165) is 5.56 Å². The average Bonchev–Trinajstić information content (AvgIpc) is 2.96. The van der Waals surface area contributed by atoms with Gasteiger partial charge in [0.15, 0.2) is 11.5 Å². The summed E-state index contributed by atoms with van der Waals surface area (Å²) in [4.78, 5) is 39.3. The third kappa shape index (κ3) is 8.16. The van der Waals surface area contributed by atoms with Crippen LogP contribution in [0.1, 0.15) is 28.8 Å². The van der Waals surface area contributed by atoms with Crippen molar-refractivity contribution in [2.24, 2.45) is 0 Å². The maximum atomic E-state index is 13.4. The van der Waals surface area contributed by atoms with Crippen LogP contribution in [0.25, 0.3) is 0 Å². The summed E-state index contributed by atoms with van der Waals surface area (Å²) in [5.74, 6) is -0.177. The van der Waals surface area contributed by atoms with Crippen molar-refractivity contribution < 1.29 is 38.8 Å². The first-order valence-electron chi connectivity index (χ1n) is 12.5. The Bertz CT molecular complexity index is 1220. The molecule has 0 heterocycles. The number of amides is 2. The van der Waals surface area contributed by atoms with E-state index in [2.05, 4.69) is 5.32 Å². The zero-order valence-corrected chi connectivity index (χ0v) is 25.1. The molecule has 2 aromatic rings. The van der Waals surface area contributed by atoms with Gasteiger partial charge in [-0.1, -0.05) is 23.7 Å². The summed E-state index contributed by atoms with van der Waals surface area (Å²) in [6.45, 7) is 0.113. The fourth-order valence-corrected chi connectivity index (χ4v) is 5.23. The van der Waals surface area contributed by atoms with Crippen LogP contribution in [-0.4, -0.2) is 85.4 Å². The molecule has 0 radical (unpaired) electrons. The molecule has 3 atom stereocenters. The van der Waals surface area contributed by atoms with Crippen molar-refractivity contribution in [1.82, 2.24) is 10.2 Å². The second kappa shape index (κ2) is 15.3. The molecule has 3 N–H and O–H groups in total. The molecule has 0 spiro atoms. The predicted molar refractivity (Wildman–Crippen MR) is 157 cm³/mol. The fourth-order valence-electron chi connectivity index (χ4n) is 4.35. The Hall–Kier alpha value is -2.71. The number of nitrogens with zero attached hydrogens (tertiary/aromatic N) is 1. The van der Waals surface area contributed by atoms with Crippen LogP contribution in [0, 0.1) is 3.57 Å². The highest BCUT2D eigenvalue weighted by atomic mass is 127. The smallest absolute Gasteiger partial charge is 0.247 e. The molecule has 12 heteroatoms. The van der Waals surface area contributed by atoms with Gasteiger partial charge in [0, 0.05) is 42.8 Å². The molecule has 216 valence electrons. The number of methoxy groups -OCH3 is 2. The maximum absolute atomic E-state index is 13.4. The lowest BCUT2D eigenvalue weighted by Crippen LogP contribution is -2.55. The van der Waals surface area contributed by atoms with Crippen LogP contribution in [0.5, 0.6) is 11.5 Å². The molecule has 0 saturated heterocycles. The summed E-state index contributed by atoms with van der Waals surface area (Å²) in [6, 6.07) is 9.27. The van der Waals surface area contributed by atoms with Gasteiger partial charge in [0.25, 0.3) is 0 Å². The van der Waals surface area contributed by atoms with E-state index in [0.29, 0.717) is 20.4 Å². The van der Waals surface area contributed by atoms with E-state index < -0.39 is 24.2 Å². The topological polar surface area (TPSA) is 135 Å². The summed E-state index contributed by atoms with van der Waals surface area (Å²) < 4.78 is 17.3. The number of halogens is 2. The Morgan fingerprint density at radius 2 is 1.95 bits per heavy atom. The first-order chi connectivity index (χ1) is 19.2. The van der Waals surface area contributed by atoms with E-state index in [-0.39, 0.29) is 62.1 Å². The zero-order chi connectivity index (χ0) is 29.2. The highest BCUT2D eigenvalue weighted by molar-refractivity contribution is 14.1. The molecule has 0 saturated carbocycles. The molecular formula is C28H32ClIN2O8. The minimum Gasteiger partial charge on any atom is -0.493 e. The lowest BCUT2D eigenvalue weighted by molar-refractivity contribution is -0.140. The number of benzene rings is 2. The Morgan fingerprint density at radius 3 is 2.58 bits per heavy atom. The van der Waals surface area contributed by atoms with Crippen molar-refractivity contribution in [2.75, 3.05) is 34.0 Å². The van der Waals surface area contributed by atoms with Crippen LogP contribution in [0.3, 0.4) is 0 Å². The van der Waals surface area contributed by atoms with E-state index >= 15 is 0 Å². The highest BCUT2D eigenvalue weighted by Gasteiger charge is 2.41. The number of hydrogen-bond donors (Lipinski definition) is 3. The van der Waals surface area contributed by atoms with Gasteiger partial charge in [-0.25, -0.2) is 0 Å². The summed E-state index contributed by atoms with van der Waals surface area (Å²) in [6.07, 6.45) is 0.0116. The molecule has 2 amide bonds. The second-order valence-electron chi connectivity index (χ2n) is 9.06. The van der Waals surface area contributed by atoms with Gasteiger partial charge in [-0.3, -0.25) is 14.4 Å². The average molecular weight is 687 g/mol.